The van der Waals surface area contributed by atoms with Gasteiger partial charge in [0, 0.05) is 11.3 Å². The first-order chi connectivity index (χ1) is 7.54. The van der Waals surface area contributed by atoms with Gasteiger partial charge < -0.3 is 4.98 Å². The molecule has 0 radical (unpaired) electrons. The highest BCUT2D eigenvalue weighted by molar-refractivity contribution is 5.60. The predicted molar refractivity (Wildman–Crippen MR) is 59.7 cm³/mol. The number of hydrogen-bond acceptors (Lipinski definition) is 2. The van der Waals surface area contributed by atoms with E-state index in [1.54, 1.807) is 26.0 Å². The fourth-order valence-electron chi connectivity index (χ4n) is 1.61. The van der Waals surface area contributed by atoms with E-state index in [0.717, 1.165) is 5.56 Å². The number of halogens is 1. The Morgan fingerprint density at radius 3 is 2.56 bits per heavy atom. The molecule has 0 atom stereocenters. The summed E-state index contributed by atoms with van der Waals surface area (Å²) in [5.74, 6) is -0.324. The lowest BCUT2D eigenvalue weighted by atomic mass is 10.1. The summed E-state index contributed by atoms with van der Waals surface area (Å²) < 4.78 is 13.2. The Hall–Kier alpha value is -1.97. The molecule has 0 unspecified atom stereocenters. The molecule has 4 heteroatoms. The fourth-order valence-corrected chi connectivity index (χ4v) is 1.61. The van der Waals surface area contributed by atoms with Gasteiger partial charge in [-0.05, 0) is 43.7 Å². The molecule has 0 amide bonds. The van der Waals surface area contributed by atoms with Crippen molar-refractivity contribution in [3.8, 4) is 11.3 Å². The van der Waals surface area contributed by atoms with E-state index in [0.29, 0.717) is 17.0 Å². The Labute approximate surface area is 92.0 Å². The molecule has 0 aliphatic rings. The summed E-state index contributed by atoms with van der Waals surface area (Å²) in [6, 6.07) is 6.32. The number of rotatable bonds is 1. The standard InChI is InChI=1S/C12H11FN2O/c1-7-3-9(6-10(13)4-7)11-5-8(2)14-12(16)15-11/h3-6H,1-2H3,(H,14,15,16). The van der Waals surface area contributed by atoms with E-state index in [1.165, 1.54) is 12.1 Å². The Bertz CT molecular complexity index is 570. The third kappa shape index (κ3) is 2.16. The van der Waals surface area contributed by atoms with E-state index in [-0.39, 0.29) is 5.82 Å². The van der Waals surface area contributed by atoms with Gasteiger partial charge >= 0.3 is 5.69 Å². The van der Waals surface area contributed by atoms with Crippen LogP contribution < -0.4 is 5.69 Å². The van der Waals surface area contributed by atoms with Crippen molar-refractivity contribution >= 4 is 0 Å². The zero-order chi connectivity index (χ0) is 11.7. The number of nitrogens with one attached hydrogen (secondary N) is 1. The average Bonchev–Trinajstić information content (AvgIpc) is 2.14. The summed E-state index contributed by atoms with van der Waals surface area (Å²) in [5.41, 5.74) is 2.19. The van der Waals surface area contributed by atoms with Gasteiger partial charge in [0.2, 0.25) is 0 Å². The van der Waals surface area contributed by atoms with Crippen LogP contribution in [0, 0.1) is 19.7 Å². The summed E-state index contributed by atoms with van der Waals surface area (Å²) in [6.45, 7) is 3.56. The Morgan fingerprint density at radius 1 is 1.19 bits per heavy atom. The van der Waals surface area contributed by atoms with E-state index in [4.69, 9.17) is 0 Å². The second-order valence-corrected chi connectivity index (χ2v) is 3.77. The van der Waals surface area contributed by atoms with Crippen molar-refractivity contribution in [3.63, 3.8) is 0 Å². The molecule has 82 valence electrons. The van der Waals surface area contributed by atoms with Crippen molar-refractivity contribution in [2.45, 2.75) is 13.8 Å². The molecule has 0 bridgehead atoms. The molecule has 0 aliphatic carbocycles. The van der Waals surface area contributed by atoms with Gasteiger partial charge in [-0.3, -0.25) is 0 Å². The van der Waals surface area contributed by atoms with Gasteiger partial charge in [-0.1, -0.05) is 0 Å². The van der Waals surface area contributed by atoms with Gasteiger partial charge in [0.05, 0.1) is 5.69 Å². The molecule has 1 heterocycles. The summed E-state index contributed by atoms with van der Waals surface area (Å²) in [7, 11) is 0. The SMILES string of the molecule is Cc1cc(F)cc(-c2cc(C)[nH]c(=O)n2)c1. The fraction of sp³-hybridized carbons (Fsp3) is 0.167. The smallest absolute Gasteiger partial charge is 0.310 e. The molecule has 1 aromatic carbocycles. The molecule has 0 saturated heterocycles. The lowest BCUT2D eigenvalue weighted by Crippen LogP contribution is -2.12. The van der Waals surface area contributed by atoms with E-state index >= 15 is 0 Å². The number of nitrogens with zero attached hydrogens (tertiary/aromatic N) is 1. The predicted octanol–water partition coefficient (Wildman–Crippen LogP) is 2.19. The molecule has 0 saturated carbocycles. The second-order valence-electron chi connectivity index (χ2n) is 3.77. The average molecular weight is 218 g/mol. The molecule has 2 aromatic rings. The molecule has 0 spiro atoms. The van der Waals surface area contributed by atoms with Crippen LogP contribution in [0.4, 0.5) is 4.39 Å². The van der Waals surface area contributed by atoms with Crippen molar-refractivity contribution in [3.05, 3.63) is 51.8 Å². The Morgan fingerprint density at radius 2 is 1.94 bits per heavy atom. The van der Waals surface area contributed by atoms with E-state index < -0.39 is 5.69 Å². The van der Waals surface area contributed by atoms with Gasteiger partial charge in [0.15, 0.2) is 0 Å². The van der Waals surface area contributed by atoms with E-state index in [9.17, 15) is 9.18 Å². The molecule has 1 aromatic heterocycles. The van der Waals surface area contributed by atoms with Gasteiger partial charge in [0.25, 0.3) is 0 Å². The van der Waals surface area contributed by atoms with Gasteiger partial charge in [0.1, 0.15) is 5.82 Å². The Kier molecular flexibility index (Phi) is 2.56. The molecule has 0 aliphatic heterocycles. The highest BCUT2D eigenvalue weighted by Crippen LogP contribution is 2.19. The van der Waals surface area contributed by atoms with Crippen LogP contribution in [0.25, 0.3) is 11.3 Å². The highest BCUT2D eigenvalue weighted by atomic mass is 19.1. The molecule has 3 nitrogen and oxygen atoms in total. The van der Waals surface area contributed by atoms with Crippen molar-refractivity contribution in [2.24, 2.45) is 0 Å². The van der Waals surface area contributed by atoms with Crippen molar-refractivity contribution < 1.29 is 4.39 Å². The molecular weight excluding hydrogens is 207 g/mol. The van der Waals surface area contributed by atoms with Crippen LogP contribution in [-0.2, 0) is 0 Å². The maximum Gasteiger partial charge on any atom is 0.345 e. The minimum absolute atomic E-state index is 0.324. The first kappa shape index (κ1) is 10.5. The minimum atomic E-state index is -0.420. The van der Waals surface area contributed by atoms with Crippen LogP contribution in [0.15, 0.2) is 29.1 Å². The van der Waals surface area contributed by atoms with Crippen LogP contribution in [-0.4, -0.2) is 9.97 Å². The van der Waals surface area contributed by atoms with Crippen LogP contribution >= 0.6 is 0 Å². The third-order valence-corrected chi connectivity index (χ3v) is 2.22. The van der Waals surface area contributed by atoms with Gasteiger partial charge in [-0.25, -0.2) is 9.18 Å². The Balaban J connectivity index is 2.62. The quantitative estimate of drug-likeness (QED) is 0.797. The lowest BCUT2D eigenvalue weighted by Gasteiger charge is -2.03. The van der Waals surface area contributed by atoms with Crippen LogP contribution in [0.3, 0.4) is 0 Å². The second kappa shape index (κ2) is 3.89. The van der Waals surface area contributed by atoms with Gasteiger partial charge in [-0.2, -0.15) is 4.98 Å². The molecule has 16 heavy (non-hydrogen) atoms. The molecule has 0 fully saturated rings. The largest absolute Gasteiger partial charge is 0.345 e. The summed E-state index contributed by atoms with van der Waals surface area (Å²) >= 11 is 0. The maximum absolute atomic E-state index is 13.2. The monoisotopic (exact) mass is 218 g/mol. The number of aromatic nitrogens is 2. The lowest BCUT2D eigenvalue weighted by molar-refractivity contribution is 0.627. The summed E-state index contributed by atoms with van der Waals surface area (Å²) in [5, 5.41) is 0. The van der Waals surface area contributed by atoms with Gasteiger partial charge in [-0.15, -0.1) is 0 Å². The number of benzene rings is 1. The summed E-state index contributed by atoms with van der Waals surface area (Å²) in [6.07, 6.45) is 0. The van der Waals surface area contributed by atoms with Crippen LogP contribution in [0.5, 0.6) is 0 Å². The first-order valence-electron chi connectivity index (χ1n) is 4.90. The van der Waals surface area contributed by atoms with Crippen LogP contribution in [0.1, 0.15) is 11.3 Å². The number of aryl methyl sites for hydroxylation is 2. The third-order valence-electron chi connectivity index (χ3n) is 2.22. The van der Waals surface area contributed by atoms with E-state index in [2.05, 4.69) is 9.97 Å². The zero-order valence-corrected chi connectivity index (χ0v) is 9.04. The molecule has 2 rings (SSSR count). The van der Waals surface area contributed by atoms with Crippen molar-refractivity contribution in [1.29, 1.82) is 0 Å². The molecular formula is C12H11FN2O. The number of H-pyrrole nitrogens is 1. The van der Waals surface area contributed by atoms with E-state index in [1.807, 2.05) is 0 Å². The molecule has 1 N–H and O–H groups in total. The summed E-state index contributed by atoms with van der Waals surface area (Å²) in [4.78, 5) is 17.6. The first-order valence-corrected chi connectivity index (χ1v) is 4.90. The highest BCUT2D eigenvalue weighted by Gasteiger charge is 2.04. The minimum Gasteiger partial charge on any atom is -0.310 e. The van der Waals surface area contributed by atoms with Crippen LogP contribution in [0.2, 0.25) is 0 Å². The normalized spacial score (nSPS) is 10.4. The number of aromatic amines is 1. The van der Waals surface area contributed by atoms with Crippen molar-refractivity contribution in [1.82, 2.24) is 9.97 Å². The van der Waals surface area contributed by atoms with Crippen molar-refractivity contribution in [2.75, 3.05) is 0 Å². The zero-order valence-electron chi connectivity index (χ0n) is 9.04. The maximum atomic E-state index is 13.2. The number of hydrogen-bond donors (Lipinski definition) is 1. The topological polar surface area (TPSA) is 45.8 Å².